The molecule has 1 aliphatic carbocycles. The number of carbonyl (C=O) groups excluding carboxylic acids is 6. The fraction of sp³-hybridized carbons (Fsp3) is 0.708. The molecule has 1 aromatic carbocycles. The zero-order chi connectivity index (χ0) is 51.1. The maximum atomic E-state index is 13.0. The molecule has 20 nitrogen and oxygen atoms in total. The Labute approximate surface area is 402 Å². The average Bonchev–Trinajstić information content (AvgIpc) is 3.28. The van der Waals surface area contributed by atoms with Crippen LogP contribution < -0.4 is 43.0 Å². The second kappa shape index (κ2) is 33.2. The van der Waals surface area contributed by atoms with Crippen molar-refractivity contribution in [2.24, 2.45) is 11.7 Å². The van der Waals surface area contributed by atoms with Crippen molar-refractivity contribution in [2.75, 3.05) is 52.3 Å². The van der Waals surface area contributed by atoms with Crippen LogP contribution in [0, 0.1) is 5.92 Å². The third kappa shape index (κ3) is 27.5. The number of amides is 6. The Kier molecular flexibility index (Phi) is 29.6. The van der Waals surface area contributed by atoms with Gasteiger partial charge < -0.3 is 62.6 Å². The fourth-order valence-electron chi connectivity index (χ4n) is 7.09. The van der Waals surface area contributed by atoms with E-state index in [9.17, 15) is 48.6 Å². The van der Waals surface area contributed by atoms with Gasteiger partial charge in [0, 0.05) is 56.1 Å². The van der Waals surface area contributed by atoms with E-state index in [2.05, 4.69) is 44.1 Å². The molecule has 2 rings (SSSR count). The van der Waals surface area contributed by atoms with Crippen molar-refractivity contribution >= 4 is 53.1 Å². The number of carboxylic acids is 2. The molecule has 1 aliphatic rings. The van der Waals surface area contributed by atoms with E-state index < -0.39 is 65.4 Å². The van der Waals surface area contributed by atoms with Crippen molar-refractivity contribution < 1.29 is 58.0 Å². The summed E-state index contributed by atoms with van der Waals surface area (Å²) in [5.41, 5.74) is 5.70. The lowest BCUT2D eigenvalue weighted by molar-refractivity contribution is -0.143. The van der Waals surface area contributed by atoms with Gasteiger partial charge in [-0.15, -0.1) is 0 Å². The molecule has 0 saturated heterocycles. The van der Waals surface area contributed by atoms with Crippen molar-refractivity contribution in [2.45, 2.75) is 167 Å². The Bertz CT molecular complexity index is 1720. The molecule has 0 heterocycles. The molecule has 1 fully saturated rings. The summed E-state index contributed by atoms with van der Waals surface area (Å²) in [7, 11) is 3.75. The summed E-state index contributed by atoms with van der Waals surface area (Å²) in [4.78, 5) is 98.9. The lowest BCUT2D eigenvalue weighted by Crippen LogP contribution is -2.49. The van der Waals surface area contributed by atoms with E-state index in [0.717, 1.165) is 37.9 Å². The summed E-state index contributed by atoms with van der Waals surface area (Å²) in [5, 5.41) is 38.1. The van der Waals surface area contributed by atoms with Crippen LogP contribution in [0.4, 0.5) is 5.69 Å². The third-order valence-electron chi connectivity index (χ3n) is 11.2. The predicted molar refractivity (Wildman–Crippen MR) is 259 cm³/mol. The number of ether oxygens (including phenoxy) is 2. The van der Waals surface area contributed by atoms with Gasteiger partial charge in [0.25, 0.3) is 5.91 Å². The Hall–Kier alpha value is -5.34. The second-order valence-corrected chi connectivity index (χ2v) is 18.4. The molecule has 6 amide bonds. The van der Waals surface area contributed by atoms with E-state index in [1.807, 2.05) is 53.9 Å². The number of nitrogens with two attached hydrogens (primary N) is 1. The van der Waals surface area contributed by atoms with E-state index in [1.54, 1.807) is 12.1 Å². The Morgan fingerprint density at radius 1 is 0.691 bits per heavy atom. The molecule has 3 atom stereocenters. The van der Waals surface area contributed by atoms with Gasteiger partial charge in [0.05, 0.1) is 24.4 Å². The smallest absolute Gasteiger partial charge is 0.326 e. The van der Waals surface area contributed by atoms with Crippen LogP contribution in [-0.4, -0.2) is 134 Å². The standard InChI is InChI=1S/C46H75N7O12.C2H7N/c1-6-26-48-33-17-15-32(16-18-33)41(59)49-27-11-10-14-34(40(47)58)51-38(55)23-24-45(2,3)64-29-25-46(4,5)65-30-28-50-43(61)35(20-22-39(56)57)52-37(54)21-19-36(44(62)63)53-42(60)31-12-8-7-9-13-31;1-3-2/h15-18,31,34-36,48H,6-14,19-30H2,1-5H3,(H2,47,58)(H,49,59)(H,50,61)(H,51,55)(H,52,54)(H,53,60)(H,56,57)(H,62,63);3H,1-2H3. The molecule has 0 aliphatic heterocycles. The Morgan fingerprint density at radius 3 is 1.88 bits per heavy atom. The zero-order valence-electron chi connectivity index (χ0n) is 41.5. The number of benzene rings is 1. The lowest BCUT2D eigenvalue weighted by Gasteiger charge is -2.30. The van der Waals surface area contributed by atoms with Crippen LogP contribution in [0.3, 0.4) is 0 Å². The summed E-state index contributed by atoms with van der Waals surface area (Å²) in [6, 6.07) is 3.91. The van der Waals surface area contributed by atoms with Gasteiger partial charge in [0.2, 0.25) is 29.5 Å². The number of aliphatic carboxylic acids is 2. The van der Waals surface area contributed by atoms with E-state index in [-0.39, 0.29) is 69.1 Å². The number of rotatable bonds is 33. The SMILES string of the molecule is CCCNc1ccc(C(=O)NCCCCC(NC(=O)CCC(C)(C)OCCC(C)(C)OCCNC(=O)C(CCC(=O)O)NC(=O)CCC(NC(=O)C2CCCCC2)C(=O)O)C(N)=O)cc1.CNC. The van der Waals surface area contributed by atoms with Crippen LogP contribution in [-0.2, 0) is 43.0 Å². The fourth-order valence-corrected chi connectivity index (χ4v) is 7.09. The van der Waals surface area contributed by atoms with Crippen LogP contribution in [0.2, 0.25) is 0 Å². The first kappa shape index (κ1) is 60.7. The topological polar surface area (TPSA) is 306 Å². The largest absolute Gasteiger partial charge is 0.481 e. The minimum absolute atomic E-state index is 0.0484. The van der Waals surface area contributed by atoms with Crippen molar-refractivity contribution in [1.82, 2.24) is 31.9 Å². The maximum Gasteiger partial charge on any atom is 0.326 e. The molecule has 68 heavy (non-hydrogen) atoms. The number of hydrogen-bond acceptors (Lipinski definition) is 12. The van der Waals surface area contributed by atoms with Gasteiger partial charge in [-0.3, -0.25) is 33.6 Å². The number of unbranched alkanes of at least 4 members (excludes halogenated alkanes) is 1. The second-order valence-electron chi connectivity index (χ2n) is 18.4. The van der Waals surface area contributed by atoms with Gasteiger partial charge in [0.1, 0.15) is 18.1 Å². The third-order valence-corrected chi connectivity index (χ3v) is 11.2. The summed E-state index contributed by atoms with van der Waals surface area (Å²) >= 11 is 0. The molecule has 386 valence electrons. The van der Waals surface area contributed by atoms with Crippen LogP contribution in [0.15, 0.2) is 24.3 Å². The van der Waals surface area contributed by atoms with E-state index >= 15 is 0 Å². The molecule has 0 radical (unpaired) electrons. The Morgan fingerprint density at radius 2 is 1.28 bits per heavy atom. The minimum Gasteiger partial charge on any atom is -0.481 e. The summed E-state index contributed by atoms with van der Waals surface area (Å²) < 4.78 is 12.1. The number of nitrogens with one attached hydrogen (secondary N) is 7. The number of hydrogen-bond donors (Lipinski definition) is 10. The van der Waals surface area contributed by atoms with Gasteiger partial charge in [-0.05, 0) is 130 Å². The summed E-state index contributed by atoms with van der Waals surface area (Å²) in [6.45, 7) is 11.1. The Balaban J connectivity index is 0.00000749. The molecule has 11 N–H and O–H groups in total. The maximum absolute atomic E-state index is 13.0. The van der Waals surface area contributed by atoms with E-state index in [1.165, 1.54) is 0 Å². The van der Waals surface area contributed by atoms with Gasteiger partial charge in [-0.2, -0.15) is 0 Å². The van der Waals surface area contributed by atoms with Crippen molar-refractivity contribution in [3.63, 3.8) is 0 Å². The molecule has 0 bridgehead atoms. The van der Waals surface area contributed by atoms with Crippen LogP contribution >= 0.6 is 0 Å². The number of carboxylic acid groups (broad SMARTS) is 2. The summed E-state index contributed by atoms with van der Waals surface area (Å²) in [5.74, 6) is -5.51. The first-order valence-corrected chi connectivity index (χ1v) is 24.0. The van der Waals surface area contributed by atoms with Crippen molar-refractivity contribution in [3.8, 4) is 0 Å². The monoisotopic (exact) mass is 963 g/mol. The first-order valence-electron chi connectivity index (χ1n) is 24.0. The lowest BCUT2D eigenvalue weighted by atomic mass is 9.88. The average molecular weight is 963 g/mol. The highest BCUT2D eigenvalue weighted by molar-refractivity contribution is 5.94. The highest BCUT2D eigenvalue weighted by Gasteiger charge is 2.29. The first-order chi connectivity index (χ1) is 32.1. The van der Waals surface area contributed by atoms with Crippen LogP contribution in [0.1, 0.15) is 148 Å². The number of primary amides is 1. The molecular formula is C48H82N8O12. The molecule has 1 saturated carbocycles. The normalized spacial score (nSPS) is 14.2. The predicted octanol–water partition coefficient (Wildman–Crippen LogP) is 3.37. The van der Waals surface area contributed by atoms with Crippen LogP contribution in [0.25, 0.3) is 0 Å². The highest BCUT2D eigenvalue weighted by Crippen LogP contribution is 2.24. The van der Waals surface area contributed by atoms with E-state index in [4.69, 9.17) is 15.2 Å². The van der Waals surface area contributed by atoms with Crippen LogP contribution in [0.5, 0.6) is 0 Å². The minimum atomic E-state index is -1.29. The summed E-state index contributed by atoms with van der Waals surface area (Å²) in [6.07, 6.45) is 6.46. The molecule has 20 heteroatoms. The highest BCUT2D eigenvalue weighted by atomic mass is 16.5. The van der Waals surface area contributed by atoms with Gasteiger partial charge >= 0.3 is 11.9 Å². The molecule has 1 aromatic rings. The number of anilines is 1. The quantitative estimate of drug-likeness (QED) is 0.0452. The van der Waals surface area contributed by atoms with Crippen molar-refractivity contribution in [1.29, 1.82) is 0 Å². The van der Waals surface area contributed by atoms with Gasteiger partial charge in [-0.1, -0.05) is 26.2 Å². The molecular weight excluding hydrogens is 881 g/mol. The molecule has 3 unspecified atom stereocenters. The van der Waals surface area contributed by atoms with Gasteiger partial charge in [0.15, 0.2) is 0 Å². The molecule has 0 aromatic heterocycles. The van der Waals surface area contributed by atoms with Crippen molar-refractivity contribution in [3.05, 3.63) is 29.8 Å². The van der Waals surface area contributed by atoms with E-state index in [0.29, 0.717) is 57.1 Å². The van der Waals surface area contributed by atoms with Gasteiger partial charge in [-0.25, -0.2) is 4.79 Å². The zero-order valence-corrected chi connectivity index (χ0v) is 41.5. The number of carbonyl (C=O) groups is 8. The molecule has 0 spiro atoms.